The summed E-state index contributed by atoms with van der Waals surface area (Å²) in [7, 11) is 1.68. The second-order valence-corrected chi connectivity index (χ2v) is 4.11. The van der Waals surface area contributed by atoms with Crippen LogP contribution in [-0.4, -0.2) is 12.1 Å². The molecule has 88 valence electrons. The molecule has 0 aliphatic heterocycles. The van der Waals surface area contributed by atoms with Crippen LogP contribution in [0.25, 0.3) is 22.0 Å². The van der Waals surface area contributed by atoms with Crippen LogP contribution in [0.2, 0.25) is 0 Å². The lowest BCUT2D eigenvalue weighted by Crippen LogP contribution is -1.87. The van der Waals surface area contributed by atoms with Gasteiger partial charge in [0.2, 0.25) is 0 Å². The number of pyridine rings is 1. The molecule has 0 unspecified atom stereocenters. The lowest BCUT2D eigenvalue weighted by Gasteiger charge is -2.06. The van der Waals surface area contributed by atoms with Crippen molar-refractivity contribution in [3.8, 4) is 16.9 Å². The molecular weight excluding hydrogens is 222 g/mol. The third kappa shape index (κ3) is 1.82. The van der Waals surface area contributed by atoms with E-state index < -0.39 is 0 Å². The molecule has 0 atom stereocenters. The van der Waals surface area contributed by atoms with Gasteiger partial charge in [0.05, 0.1) is 12.6 Å². The lowest BCUT2D eigenvalue weighted by molar-refractivity contribution is 0.419. The van der Waals surface area contributed by atoms with Crippen molar-refractivity contribution >= 4 is 10.9 Å². The molecule has 2 nitrogen and oxygen atoms in total. The lowest BCUT2D eigenvalue weighted by atomic mass is 10.0. The Kier molecular flexibility index (Phi) is 2.69. The van der Waals surface area contributed by atoms with Crippen molar-refractivity contribution in [2.24, 2.45) is 0 Å². The molecule has 0 spiro atoms. The Morgan fingerprint density at radius 3 is 2.50 bits per heavy atom. The normalized spacial score (nSPS) is 10.5. The summed E-state index contributed by atoms with van der Waals surface area (Å²) in [4.78, 5) is 4.40. The van der Waals surface area contributed by atoms with Gasteiger partial charge in [-0.15, -0.1) is 0 Å². The Labute approximate surface area is 106 Å². The SMILES string of the molecule is COc1ccnc2cc(-c3ccccc3)ccc12. The van der Waals surface area contributed by atoms with Crippen LogP contribution >= 0.6 is 0 Å². The van der Waals surface area contributed by atoms with Crippen LogP contribution in [0.3, 0.4) is 0 Å². The van der Waals surface area contributed by atoms with Gasteiger partial charge in [0.25, 0.3) is 0 Å². The van der Waals surface area contributed by atoms with Crippen LogP contribution in [-0.2, 0) is 0 Å². The van der Waals surface area contributed by atoms with Gasteiger partial charge in [-0.1, -0.05) is 36.4 Å². The minimum Gasteiger partial charge on any atom is -0.496 e. The first kappa shape index (κ1) is 10.8. The summed E-state index contributed by atoms with van der Waals surface area (Å²) >= 11 is 0. The zero-order chi connectivity index (χ0) is 12.4. The van der Waals surface area contributed by atoms with E-state index in [-0.39, 0.29) is 0 Å². The van der Waals surface area contributed by atoms with Crippen LogP contribution in [0.5, 0.6) is 5.75 Å². The minimum atomic E-state index is 0.861. The summed E-state index contributed by atoms with van der Waals surface area (Å²) < 4.78 is 5.33. The van der Waals surface area contributed by atoms with E-state index in [0.29, 0.717) is 0 Å². The van der Waals surface area contributed by atoms with E-state index in [0.717, 1.165) is 16.7 Å². The summed E-state index contributed by atoms with van der Waals surface area (Å²) in [6, 6.07) is 18.4. The van der Waals surface area contributed by atoms with Crippen molar-refractivity contribution in [2.45, 2.75) is 0 Å². The molecule has 0 amide bonds. The number of rotatable bonds is 2. The van der Waals surface area contributed by atoms with E-state index >= 15 is 0 Å². The average Bonchev–Trinajstić information content (AvgIpc) is 2.47. The highest BCUT2D eigenvalue weighted by molar-refractivity contribution is 5.88. The molecule has 0 bridgehead atoms. The fourth-order valence-corrected chi connectivity index (χ4v) is 2.11. The Hall–Kier alpha value is -2.35. The average molecular weight is 235 g/mol. The highest BCUT2D eigenvalue weighted by Crippen LogP contribution is 2.28. The molecule has 0 aliphatic rings. The van der Waals surface area contributed by atoms with Gasteiger partial charge in [0.15, 0.2) is 0 Å². The molecule has 0 fully saturated rings. The summed E-state index contributed by atoms with van der Waals surface area (Å²) in [6.07, 6.45) is 1.77. The third-order valence-corrected chi connectivity index (χ3v) is 3.03. The number of methoxy groups -OCH3 is 1. The van der Waals surface area contributed by atoms with Crippen LogP contribution in [0.15, 0.2) is 60.8 Å². The molecule has 18 heavy (non-hydrogen) atoms. The maximum Gasteiger partial charge on any atom is 0.129 e. The van der Waals surface area contributed by atoms with Gasteiger partial charge in [-0.25, -0.2) is 0 Å². The van der Waals surface area contributed by atoms with Crippen molar-refractivity contribution in [3.63, 3.8) is 0 Å². The molecule has 2 heteroatoms. The molecule has 3 aromatic rings. The van der Waals surface area contributed by atoms with Crippen molar-refractivity contribution in [3.05, 3.63) is 60.8 Å². The largest absolute Gasteiger partial charge is 0.496 e. The highest BCUT2D eigenvalue weighted by Gasteiger charge is 2.04. The van der Waals surface area contributed by atoms with Gasteiger partial charge < -0.3 is 4.74 Å². The zero-order valence-electron chi connectivity index (χ0n) is 10.1. The van der Waals surface area contributed by atoms with E-state index in [1.54, 1.807) is 13.3 Å². The first-order valence-corrected chi connectivity index (χ1v) is 5.86. The summed E-state index contributed by atoms with van der Waals surface area (Å²) in [5.74, 6) is 0.861. The van der Waals surface area contributed by atoms with Crippen LogP contribution < -0.4 is 4.74 Å². The Balaban J connectivity index is 2.18. The van der Waals surface area contributed by atoms with Crippen molar-refractivity contribution in [2.75, 3.05) is 7.11 Å². The zero-order valence-corrected chi connectivity index (χ0v) is 10.1. The topological polar surface area (TPSA) is 22.1 Å². The fraction of sp³-hybridized carbons (Fsp3) is 0.0625. The number of ether oxygens (including phenoxy) is 1. The summed E-state index contributed by atoms with van der Waals surface area (Å²) in [5, 5.41) is 1.04. The summed E-state index contributed by atoms with van der Waals surface area (Å²) in [6.45, 7) is 0. The predicted molar refractivity (Wildman–Crippen MR) is 73.7 cm³/mol. The molecule has 0 saturated carbocycles. The van der Waals surface area contributed by atoms with Crippen LogP contribution in [0.1, 0.15) is 0 Å². The Morgan fingerprint density at radius 1 is 0.889 bits per heavy atom. The molecule has 3 rings (SSSR count). The Bertz CT molecular complexity index is 677. The number of hydrogen-bond donors (Lipinski definition) is 0. The number of benzene rings is 2. The quantitative estimate of drug-likeness (QED) is 0.671. The highest BCUT2D eigenvalue weighted by atomic mass is 16.5. The molecule has 0 saturated heterocycles. The van der Waals surface area contributed by atoms with E-state index in [9.17, 15) is 0 Å². The molecule has 0 aliphatic carbocycles. The smallest absolute Gasteiger partial charge is 0.129 e. The first-order chi connectivity index (χ1) is 8.88. The van der Waals surface area contributed by atoms with Crippen molar-refractivity contribution in [1.29, 1.82) is 0 Å². The minimum absolute atomic E-state index is 0.861. The van der Waals surface area contributed by atoms with E-state index in [2.05, 4.69) is 35.3 Å². The predicted octanol–water partition coefficient (Wildman–Crippen LogP) is 3.91. The number of hydrogen-bond acceptors (Lipinski definition) is 2. The maximum atomic E-state index is 5.33. The van der Waals surface area contributed by atoms with E-state index in [1.807, 2.05) is 24.3 Å². The van der Waals surface area contributed by atoms with Gasteiger partial charge >= 0.3 is 0 Å². The maximum absolute atomic E-state index is 5.33. The van der Waals surface area contributed by atoms with Crippen LogP contribution in [0, 0.1) is 0 Å². The fourth-order valence-electron chi connectivity index (χ4n) is 2.11. The van der Waals surface area contributed by atoms with Gasteiger partial charge in [-0.2, -0.15) is 0 Å². The van der Waals surface area contributed by atoms with Crippen LogP contribution in [0.4, 0.5) is 0 Å². The second-order valence-electron chi connectivity index (χ2n) is 4.11. The molecule has 2 aromatic carbocycles. The molecule has 0 N–H and O–H groups in total. The Morgan fingerprint density at radius 2 is 1.72 bits per heavy atom. The third-order valence-electron chi connectivity index (χ3n) is 3.03. The molecule has 1 aromatic heterocycles. The second kappa shape index (κ2) is 4.49. The summed E-state index contributed by atoms with van der Waals surface area (Å²) in [5.41, 5.74) is 3.32. The molecular formula is C16H13NO. The molecule has 1 heterocycles. The van der Waals surface area contributed by atoms with Crippen molar-refractivity contribution < 1.29 is 4.74 Å². The number of fused-ring (bicyclic) bond motifs is 1. The van der Waals surface area contributed by atoms with E-state index in [1.165, 1.54) is 11.1 Å². The number of aromatic nitrogens is 1. The number of nitrogens with zero attached hydrogens (tertiary/aromatic N) is 1. The van der Waals surface area contributed by atoms with Crippen molar-refractivity contribution in [1.82, 2.24) is 4.98 Å². The van der Waals surface area contributed by atoms with Gasteiger partial charge in [-0.3, -0.25) is 4.98 Å². The van der Waals surface area contributed by atoms with Gasteiger partial charge in [0.1, 0.15) is 5.75 Å². The van der Waals surface area contributed by atoms with Gasteiger partial charge in [-0.05, 0) is 29.3 Å². The van der Waals surface area contributed by atoms with E-state index in [4.69, 9.17) is 4.74 Å². The first-order valence-electron chi connectivity index (χ1n) is 5.86. The molecule has 0 radical (unpaired) electrons. The standard InChI is InChI=1S/C16H13NO/c1-18-16-9-10-17-15-11-13(7-8-14(15)16)12-5-3-2-4-6-12/h2-11H,1H3. The van der Waals surface area contributed by atoms with Gasteiger partial charge in [0, 0.05) is 11.6 Å². The monoisotopic (exact) mass is 235 g/mol.